The molecule has 0 saturated carbocycles. The minimum Gasteiger partial charge on any atom is -0.412 e. The molecule has 10 N–H and O–H groups in total. The van der Waals surface area contributed by atoms with E-state index >= 15 is 0 Å². The Kier molecular flexibility index (Phi) is 24300. The van der Waals surface area contributed by atoms with Gasteiger partial charge in [-0.1, -0.05) is 0 Å². The molecule has 0 rings (SSSR count). The molecule has 0 aromatic heterocycles. The van der Waals surface area contributed by atoms with E-state index < -0.39 is 0 Å². The standard InChI is InChI=1S/ClH.Cu.2H3N.2H2O/h1H;;2*1H3;2*1H2. The summed E-state index contributed by atoms with van der Waals surface area (Å²) in [5.41, 5.74) is 0. The first-order valence-corrected chi connectivity index (χ1v) is 0. The molecular weight excluding hydrogens is 159 g/mol. The Morgan fingerprint density at radius 1 is 0.667 bits per heavy atom. The molecule has 0 aromatic rings. The first kappa shape index (κ1) is 503. The monoisotopic (exact) mass is 169 g/mol. The van der Waals surface area contributed by atoms with Gasteiger partial charge in [-0.15, -0.1) is 12.4 Å². The van der Waals surface area contributed by atoms with Crippen molar-refractivity contribution >= 4 is 12.4 Å². The third-order valence-electron chi connectivity index (χ3n) is 0. The second-order valence-electron chi connectivity index (χ2n) is 0. The Balaban J connectivity index is 0. The van der Waals surface area contributed by atoms with Gasteiger partial charge in [-0.05, 0) is 0 Å². The van der Waals surface area contributed by atoms with Gasteiger partial charge < -0.3 is 23.3 Å². The molecule has 0 amide bonds. The molecule has 0 fully saturated rings. The summed E-state index contributed by atoms with van der Waals surface area (Å²) in [5.74, 6) is 0. The van der Waals surface area contributed by atoms with Crippen LogP contribution in [0.15, 0.2) is 0 Å². The maximum atomic E-state index is 0. The fraction of sp³-hybridized carbons (Fsp3) is 0. The number of hydrogen-bond acceptors (Lipinski definition) is 2. The van der Waals surface area contributed by atoms with Gasteiger partial charge in [0.05, 0.1) is 0 Å². The van der Waals surface area contributed by atoms with Crippen molar-refractivity contribution in [3.63, 3.8) is 0 Å². The molecule has 0 unspecified atom stereocenters. The third kappa shape index (κ3) is 147. The van der Waals surface area contributed by atoms with Crippen molar-refractivity contribution in [2.75, 3.05) is 0 Å². The molecule has 0 aliphatic carbocycles. The summed E-state index contributed by atoms with van der Waals surface area (Å²) in [6.45, 7) is 0. The number of rotatable bonds is 0. The SMILES string of the molecule is Cl.N.N.O.O.[Cu]. The molecule has 0 aliphatic rings. The van der Waals surface area contributed by atoms with Gasteiger partial charge in [0.1, 0.15) is 0 Å². The van der Waals surface area contributed by atoms with Gasteiger partial charge in [-0.25, -0.2) is 0 Å². The molecule has 0 atom stereocenters. The van der Waals surface area contributed by atoms with Crippen LogP contribution in [-0.2, 0) is 17.1 Å². The fourth-order valence-electron chi connectivity index (χ4n) is 0. The first-order valence-electron chi connectivity index (χ1n) is 0. The molecule has 0 heterocycles. The predicted molar refractivity (Wildman–Crippen MR) is 24.5 cm³/mol. The minimum absolute atomic E-state index is 0. The first-order chi connectivity index (χ1) is 0. The summed E-state index contributed by atoms with van der Waals surface area (Å²) in [4.78, 5) is 0. The van der Waals surface area contributed by atoms with Crippen molar-refractivity contribution in [2.45, 2.75) is 0 Å². The van der Waals surface area contributed by atoms with Crippen LogP contribution in [0.2, 0.25) is 0 Å². The smallest absolute Gasteiger partial charge is 0 e. The molecule has 6 heavy (non-hydrogen) atoms. The molecule has 6 heteroatoms. The Morgan fingerprint density at radius 2 is 0.667 bits per heavy atom. The summed E-state index contributed by atoms with van der Waals surface area (Å²) in [7, 11) is 0. The van der Waals surface area contributed by atoms with Gasteiger partial charge in [0.25, 0.3) is 0 Å². The molecule has 0 saturated heterocycles. The minimum atomic E-state index is 0. The molecule has 0 aliphatic heterocycles. The van der Waals surface area contributed by atoms with E-state index in [1.54, 1.807) is 0 Å². The maximum absolute atomic E-state index is 0. The molecule has 0 spiro atoms. The van der Waals surface area contributed by atoms with Crippen LogP contribution in [0.4, 0.5) is 0 Å². The quantitative estimate of drug-likeness (QED) is 0.455. The van der Waals surface area contributed by atoms with E-state index in [1.165, 1.54) is 0 Å². The molecule has 0 bridgehead atoms. The van der Waals surface area contributed by atoms with Crippen molar-refractivity contribution in [2.24, 2.45) is 0 Å². The summed E-state index contributed by atoms with van der Waals surface area (Å²) in [6, 6.07) is 0. The van der Waals surface area contributed by atoms with Crippen LogP contribution < -0.4 is 12.3 Å². The fourth-order valence-corrected chi connectivity index (χ4v) is 0. The second-order valence-corrected chi connectivity index (χ2v) is 0. The van der Waals surface area contributed by atoms with Gasteiger partial charge >= 0.3 is 0 Å². The predicted octanol–water partition coefficient (Wildman–Crippen LogP) is -0.906. The summed E-state index contributed by atoms with van der Waals surface area (Å²) in [5, 5.41) is 0. The van der Waals surface area contributed by atoms with Crippen molar-refractivity contribution in [3.8, 4) is 0 Å². The van der Waals surface area contributed by atoms with E-state index in [4.69, 9.17) is 0 Å². The van der Waals surface area contributed by atoms with Crippen LogP contribution in [0.1, 0.15) is 0 Å². The zero-order valence-electron chi connectivity index (χ0n) is 3.12. The Hall–Kier alpha value is 0.649. The van der Waals surface area contributed by atoms with E-state index in [9.17, 15) is 0 Å². The average Bonchev–Trinajstić information content (AvgIpc) is 0. The summed E-state index contributed by atoms with van der Waals surface area (Å²) in [6.07, 6.45) is 0. The van der Waals surface area contributed by atoms with Crippen LogP contribution in [-0.4, -0.2) is 11.0 Å². The molecular formula is H11ClCuN2O2. The van der Waals surface area contributed by atoms with Gasteiger partial charge in [-0.2, -0.15) is 0 Å². The van der Waals surface area contributed by atoms with Crippen LogP contribution in [0, 0.1) is 0 Å². The van der Waals surface area contributed by atoms with Gasteiger partial charge in [0.2, 0.25) is 0 Å². The summed E-state index contributed by atoms with van der Waals surface area (Å²) < 4.78 is 0. The van der Waals surface area contributed by atoms with Gasteiger partial charge in [0.15, 0.2) is 0 Å². The van der Waals surface area contributed by atoms with Gasteiger partial charge in [-0.3, -0.25) is 0 Å². The zero-order valence-corrected chi connectivity index (χ0v) is 4.88. The van der Waals surface area contributed by atoms with E-state index in [-0.39, 0.29) is 52.7 Å². The van der Waals surface area contributed by atoms with Crippen LogP contribution >= 0.6 is 12.4 Å². The molecule has 1 radical (unpaired) electrons. The van der Waals surface area contributed by atoms with E-state index in [0.29, 0.717) is 0 Å². The van der Waals surface area contributed by atoms with E-state index in [2.05, 4.69) is 0 Å². The van der Waals surface area contributed by atoms with Crippen LogP contribution in [0.3, 0.4) is 0 Å². The molecule has 4 nitrogen and oxygen atoms in total. The average molecular weight is 170 g/mol. The van der Waals surface area contributed by atoms with Gasteiger partial charge in [0, 0.05) is 17.1 Å². The van der Waals surface area contributed by atoms with E-state index in [0.717, 1.165) is 0 Å². The molecule has 51 valence electrons. The normalized spacial score (nSPS) is 0. The zero-order chi connectivity index (χ0) is 0. The Labute approximate surface area is 53.4 Å². The van der Waals surface area contributed by atoms with Crippen molar-refractivity contribution < 1.29 is 28.0 Å². The third-order valence-corrected chi connectivity index (χ3v) is 0. The molecule has 0 aromatic carbocycles. The second kappa shape index (κ2) is 290. The Bertz CT molecular complexity index is 11.5. The van der Waals surface area contributed by atoms with E-state index in [1.807, 2.05) is 0 Å². The van der Waals surface area contributed by atoms with Crippen LogP contribution in [0.25, 0.3) is 0 Å². The number of hydrogen-bond donors (Lipinski definition) is 2. The Morgan fingerprint density at radius 3 is 0.667 bits per heavy atom. The van der Waals surface area contributed by atoms with Crippen LogP contribution in [0.5, 0.6) is 0 Å². The largest absolute Gasteiger partial charge is 0.412 e. The van der Waals surface area contributed by atoms with Crippen molar-refractivity contribution in [3.05, 3.63) is 0 Å². The van der Waals surface area contributed by atoms with Crippen molar-refractivity contribution in [1.82, 2.24) is 12.3 Å². The summed E-state index contributed by atoms with van der Waals surface area (Å²) >= 11 is 0. The van der Waals surface area contributed by atoms with Crippen molar-refractivity contribution in [1.29, 1.82) is 0 Å². The topological polar surface area (TPSA) is 133 Å². The maximum Gasteiger partial charge on any atom is 0 e. The number of halogens is 1.